The smallest absolute Gasteiger partial charge is 0.409 e. The van der Waals surface area contributed by atoms with Crippen LogP contribution in [0.2, 0.25) is 0 Å². The Labute approximate surface area is 160 Å². The highest BCUT2D eigenvalue weighted by atomic mass is 16.6. The topological polar surface area (TPSA) is 79.0 Å². The molecular formula is C20H27N3O4. The van der Waals surface area contributed by atoms with Crippen molar-refractivity contribution in [2.45, 2.75) is 20.3 Å². The fourth-order valence-corrected chi connectivity index (χ4v) is 2.88. The van der Waals surface area contributed by atoms with Gasteiger partial charge in [-0.15, -0.1) is 0 Å². The predicted octanol–water partition coefficient (Wildman–Crippen LogP) is 1.90. The van der Waals surface area contributed by atoms with Crippen LogP contribution in [-0.2, 0) is 14.3 Å². The van der Waals surface area contributed by atoms with Gasteiger partial charge in [-0.2, -0.15) is 0 Å². The summed E-state index contributed by atoms with van der Waals surface area (Å²) < 4.78 is 4.96. The molecule has 2 rings (SSSR count). The van der Waals surface area contributed by atoms with Crippen LogP contribution in [-0.4, -0.2) is 67.0 Å². The van der Waals surface area contributed by atoms with Crippen LogP contribution >= 0.6 is 0 Å². The Morgan fingerprint density at radius 2 is 1.67 bits per heavy atom. The summed E-state index contributed by atoms with van der Waals surface area (Å²) in [6, 6.07) is 9.69. The Morgan fingerprint density at radius 3 is 2.26 bits per heavy atom. The largest absolute Gasteiger partial charge is 0.450 e. The minimum atomic E-state index is -0.351. The molecule has 1 aliphatic heterocycles. The Morgan fingerprint density at radius 1 is 1.04 bits per heavy atom. The van der Waals surface area contributed by atoms with Crippen molar-refractivity contribution in [1.29, 1.82) is 0 Å². The maximum atomic E-state index is 12.3. The maximum absolute atomic E-state index is 12.3. The summed E-state index contributed by atoms with van der Waals surface area (Å²) in [5.41, 5.74) is 1.92. The molecule has 0 atom stereocenters. The number of nitrogens with zero attached hydrogens (tertiary/aromatic N) is 2. The molecule has 0 aliphatic carbocycles. The average Bonchev–Trinajstić information content (AvgIpc) is 2.71. The first kappa shape index (κ1) is 20.5. The highest BCUT2D eigenvalue weighted by Crippen LogP contribution is 2.16. The third kappa shape index (κ3) is 6.13. The lowest BCUT2D eigenvalue weighted by molar-refractivity contribution is -0.133. The minimum absolute atomic E-state index is 0.0550. The van der Waals surface area contributed by atoms with E-state index in [9.17, 15) is 14.4 Å². The van der Waals surface area contributed by atoms with E-state index >= 15 is 0 Å². The molecular weight excluding hydrogens is 346 g/mol. The van der Waals surface area contributed by atoms with Gasteiger partial charge >= 0.3 is 6.09 Å². The van der Waals surface area contributed by atoms with E-state index in [4.69, 9.17) is 4.74 Å². The van der Waals surface area contributed by atoms with Crippen molar-refractivity contribution in [1.82, 2.24) is 15.1 Å². The van der Waals surface area contributed by atoms with Crippen molar-refractivity contribution in [2.75, 3.05) is 39.3 Å². The number of benzene rings is 1. The highest BCUT2D eigenvalue weighted by molar-refractivity contribution is 5.97. The molecule has 0 radical (unpaired) electrons. The zero-order valence-corrected chi connectivity index (χ0v) is 15.9. The van der Waals surface area contributed by atoms with Crippen LogP contribution < -0.4 is 5.32 Å². The number of nitrogens with one attached hydrogen (secondary N) is 1. The van der Waals surface area contributed by atoms with E-state index in [1.54, 1.807) is 22.8 Å². The molecule has 1 N–H and O–H groups in total. The number of ether oxygens (including phenoxy) is 1. The second-order valence-corrected chi connectivity index (χ2v) is 6.17. The average molecular weight is 373 g/mol. The van der Waals surface area contributed by atoms with Gasteiger partial charge in [-0.05, 0) is 24.5 Å². The van der Waals surface area contributed by atoms with Crippen molar-refractivity contribution >= 4 is 23.5 Å². The minimum Gasteiger partial charge on any atom is -0.450 e. The number of allylic oxidation sites excluding steroid dienone is 1. The van der Waals surface area contributed by atoms with Gasteiger partial charge in [0.2, 0.25) is 11.8 Å². The number of hydrogen-bond donors (Lipinski definition) is 1. The van der Waals surface area contributed by atoms with Crippen molar-refractivity contribution in [2.24, 2.45) is 0 Å². The SMILES string of the molecule is CCOC(=O)N1CCN(C(=O)CNC(=O)/C=C(\CC)c2ccccc2)CC1. The van der Waals surface area contributed by atoms with Gasteiger partial charge in [-0.3, -0.25) is 9.59 Å². The number of carbonyl (C=O) groups is 3. The van der Waals surface area contributed by atoms with Gasteiger partial charge in [0.05, 0.1) is 13.2 Å². The lowest BCUT2D eigenvalue weighted by atomic mass is 10.0. The normalized spacial score (nSPS) is 14.7. The highest BCUT2D eigenvalue weighted by Gasteiger charge is 2.24. The first-order valence-corrected chi connectivity index (χ1v) is 9.28. The molecule has 7 heteroatoms. The first-order chi connectivity index (χ1) is 13.0. The predicted molar refractivity (Wildman–Crippen MR) is 103 cm³/mol. The number of amides is 3. The van der Waals surface area contributed by atoms with E-state index < -0.39 is 0 Å². The zero-order chi connectivity index (χ0) is 19.6. The van der Waals surface area contributed by atoms with Gasteiger partial charge < -0.3 is 19.9 Å². The molecule has 1 fully saturated rings. The number of hydrogen-bond acceptors (Lipinski definition) is 4. The molecule has 0 aromatic heterocycles. The van der Waals surface area contributed by atoms with E-state index in [0.717, 1.165) is 17.6 Å². The second kappa shape index (κ2) is 10.4. The summed E-state index contributed by atoms with van der Waals surface area (Å²) in [6.07, 6.45) is 1.92. The molecule has 3 amide bonds. The van der Waals surface area contributed by atoms with Crippen LogP contribution in [0.5, 0.6) is 0 Å². The fraction of sp³-hybridized carbons (Fsp3) is 0.450. The molecule has 0 unspecified atom stereocenters. The summed E-state index contributed by atoms with van der Waals surface area (Å²) in [5.74, 6) is -0.438. The van der Waals surface area contributed by atoms with Crippen LogP contribution in [0.3, 0.4) is 0 Å². The van der Waals surface area contributed by atoms with Crippen molar-refractivity contribution in [3.8, 4) is 0 Å². The molecule has 1 saturated heterocycles. The van der Waals surface area contributed by atoms with Crippen molar-refractivity contribution < 1.29 is 19.1 Å². The lowest BCUT2D eigenvalue weighted by Gasteiger charge is -2.34. The molecule has 27 heavy (non-hydrogen) atoms. The molecule has 1 aromatic rings. The van der Waals surface area contributed by atoms with Gasteiger partial charge in [0, 0.05) is 32.3 Å². The molecule has 146 valence electrons. The van der Waals surface area contributed by atoms with E-state index in [2.05, 4.69) is 5.32 Å². The van der Waals surface area contributed by atoms with Crippen molar-refractivity contribution in [3.63, 3.8) is 0 Å². The maximum Gasteiger partial charge on any atom is 0.409 e. The number of carbonyl (C=O) groups excluding carboxylic acids is 3. The molecule has 1 aliphatic rings. The van der Waals surface area contributed by atoms with E-state index in [1.165, 1.54) is 0 Å². The van der Waals surface area contributed by atoms with Crippen LogP contribution in [0.15, 0.2) is 36.4 Å². The summed E-state index contributed by atoms with van der Waals surface area (Å²) in [6.45, 7) is 5.78. The molecule has 0 spiro atoms. The monoisotopic (exact) mass is 373 g/mol. The van der Waals surface area contributed by atoms with Gasteiger partial charge in [-0.1, -0.05) is 37.3 Å². The Balaban J connectivity index is 1.81. The summed E-state index contributed by atoms with van der Waals surface area (Å²) in [5, 5.41) is 2.66. The summed E-state index contributed by atoms with van der Waals surface area (Å²) in [7, 11) is 0. The Hall–Kier alpha value is -2.83. The van der Waals surface area contributed by atoms with Gasteiger partial charge in [0.25, 0.3) is 0 Å². The first-order valence-electron chi connectivity index (χ1n) is 9.28. The van der Waals surface area contributed by atoms with Crippen LogP contribution in [0.25, 0.3) is 5.57 Å². The van der Waals surface area contributed by atoms with E-state index in [-0.39, 0.29) is 24.5 Å². The summed E-state index contributed by atoms with van der Waals surface area (Å²) >= 11 is 0. The van der Waals surface area contributed by atoms with Gasteiger partial charge in [-0.25, -0.2) is 4.79 Å². The molecule has 7 nitrogen and oxygen atoms in total. The van der Waals surface area contributed by atoms with Crippen LogP contribution in [0, 0.1) is 0 Å². The quantitative estimate of drug-likeness (QED) is 0.773. The van der Waals surface area contributed by atoms with E-state index in [0.29, 0.717) is 32.8 Å². The zero-order valence-electron chi connectivity index (χ0n) is 15.9. The Bertz CT molecular complexity index is 680. The van der Waals surface area contributed by atoms with Crippen LogP contribution in [0.4, 0.5) is 4.79 Å². The number of rotatable bonds is 6. The number of piperazine rings is 1. The molecule has 1 heterocycles. The molecule has 0 saturated carbocycles. The van der Waals surface area contributed by atoms with E-state index in [1.807, 2.05) is 37.3 Å². The summed E-state index contributed by atoms with van der Waals surface area (Å²) in [4.78, 5) is 39.4. The second-order valence-electron chi connectivity index (χ2n) is 6.17. The third-order valence-electron chi connectivity index (χ3n) is 4.40. The molecule has 1 aromatic carbocycles. The van der Waals surface area contributed by atoms with Gasteiger partial charge in [0.15, 0.2) is 0 Å². The molecule has 0 bridgehead atoms. The fourth-order valence-electron chi connectivity index (χ4n) is 2.88. The lowest BCUT2D eigenvalue weighted by Crippen LogP contribution is -2.52. The van der Waals surface area contributed by atoms with Gasteiger partial charge in [0.1, 0.15) is 0 Å². The standard InChI is InChI=1S/C20H27N3O4/c1-3-16(17-8-6-5-7-9-17)14-18(24)21-15-19(25)22-10-12-23(13-11-22)20(26)27-4-2/h5-9,14H,3-4,10-13,15H2,1-2H3,(H,21,24)/b16-14+. The van der Waals surface area contributed by atoms with Crippen molar-refractivity contribution in [3.05, 3.63) is 42.0 Å². The Kier molecular flexibility index (Phi) is 7.85. The van der Waals surface area contributed by atoms with Crippen LogP contribution in [0.1, 0.15) is 25.8 Å². The third-order valence-corrected chi connectivity index (χ3v) is 4.40.